The third-order valence-electron chi connectivity index (χ3n) is 6.33. The first kappa shape index (κ1) is 14.9. The van der Waals surface area contributed by atoms with Gasteiger partial charge in [-0.2, -0.15) is 0 Å². The quantitative estimate of drug-likeness (QED) is 0.760. The van der Waals surface area contributed by atoms with Crippen molar-refractivity contribution in [2.24, 2.45) is 5.92 Å². The normalized spacial score (nSPS) is 24.3. The van der Waals surface area contributed by atoms with Crippen LogP contribution in [0.5, 0.6) is 0 Å². The lowest BCUT2D eigenvalue weighted by Gasteiger charge is -2.35. The average molecular weight is 361 g/mol. The Morgan fingerprint density at radius 2 is 1.96 bits per heavy atom. The van der Waals surface area contributed by atoms with Gasteiger partial charge in [-0.25, -0.2) is 0 Å². The van der Waals surface area contributed by atoms with E-state index in [1.54, 1.807) is 15.3 Å². The van der Waals surface area contributed by atoms with Gasteiger partial charge in [0.1, 0.15) is 6.04 Å². The first-order chi connectivity index (χ1) is 12.8. The maximum Gasteiger partial charge on any atom is 0.263 e. The van der Waals surface area contributed by atoms with E-state index in [1.807, 2.05) is 28.4 Å². The summed E-state index contributed by atoms with van der Waals surface area (Å²) in [4.78, 5) is 18.3. The van der Waals surface area contributed by atoms with Crippen LogP contribution in [0.3, 0.4) is 0 Å². The van der Waals surface area contributed by atoms with E-state index in [0.29, 0.717) is 6.04 Å². The Hall–Kier alpha value is -2.17. The van der Waals surface area contributed by atoms with Crippen LogP contribution in [0, 0.1) is 5.92 Å². The molecule has 2 aromatic carbocycles. The van der Waals surface area contributed by atoms with E-state index < -0.39 is 0 Å². The molecule has 26 heavy (non-hydrogen) atoms. The summed E-state index contributed by atoms with van der Waals surface area (Å²) in [5, 5.41) is 4.56. The molecule has 0 spiro atoms. The number of hydrogen-bond donors (Lipinski definition) is 1. The van der Waals surface area contributed by atoms with Gasteiger partial charge in [0.2, 0.25) is 0 Å². The molecule has 0 bridgehead atoms. The molecule has 1 aliphatic carbocycles. The summed E-state index contributed by atoms with van der Waals surface area (Å²) in [7, 11) is 0. The summed E-state index contributed by atoms with van der Waals surface area (Å²) in [5.41, 5.74) is 3.52. The Bertz CT molecular complexity index is 1030. The number of anilines is 1. The molecular formula is C22H21N2OS+. The van der Waals surface area contributed by atoms with Crippen molar-refractivity contribution in [1.29, 1.82) is 0 Å². The molecule has 6 rings (SSSR count). The second-order valence-corrected chi connectivity index (χ2v) is 8.85. The van der Waals surface area contributed by atoms with Crippen LogP contribution in [-0.2, 0) is 6.42 Å². The highest BCUT2D eigenvalue weighted by Gasteiger charge is 2.45. The van der Waals surface area contributed by atoms with Gasteiger partial charge in [0, 0.05) is 28.2 Å². The highest BCUT2D eigenvalue weighted by Crippen LogP contribution is 2.43. The molecule has 1 unspecified atom stereocenters. The monoisotopic (exact) mass is 361 g/mol. The Kier molecular flexibility index (Phi) is 3.11. The first-order valence-electron chi connectivity index (χ1n) is 9.56. The highest BCUT2D eigenvalue weighted by atomic mass is 32.1. The average Bonchev–Trinajstić information content (AvgIpc) is 3.33. The first-order valence-corrected chi connectivity index (χ1v) is 10.4. The van der Waals surface area contributed by atoms with Gasteiger partial charge in [0.25, 0.3) is 5.91 Å². The summed E-state index contributed by atoms with van der Waals surface area (Å²) in [6, 6.07) is 15.3. The zero-order valence-corrected chi connectivity index (χ0v) is 15.4. The molecule has 2 aliphatic heterocycles. The number of nitrogens with zero attached hydrogens (tertiary/aromatic N) is 1. The number of rotatable bonds is 3. The van der Waals surface area contributed by atoms with Crippen molar-refractivity contribution < 1.29 is 9.69 Å². The molecule has 3 aliphatic rings. The third kappa shape index (κ3) is 2.06. The van der Waals surface area contributed by atoms with Crippen LogP contribution in [0.15, 0.2) is 47.8 Å². The van der Waals surface area contributed by atoms with Gasteiger partial charge in [-0.1, -0.05) is 24.3 Å². The van der Waals surface area contributed by atoms with E-state index in [9.17, 15) is 4.79 Å². The minimum atomic E-state index is 0.176. The Balaban J connectivity index is 1.39. The number of quaternary nitrogens is 1. The fourth-order valence-electron chi connectivity index (χ4n) is 5.01. The lowest BCUT2D eigenvalue weighted by molar-refractivity contribution is -0.935. The zero-order chi connectivity index (χ0) is 17.3. The number of carbonyl (C=O) groups is 1. The van der Waals surface area contributed by atoms with Crippen LogP contribution >= 0.6 is 11.3 Å². The highest BCUT2D eigenvalue weighted by molar-refractivity contribution is 7.10. The fourth-order valence-corrected chi connectivity index (χ4v) is 5.94. The van der Waals surface area contributed by atoms with Crippen molar-refractivity contribution in [3.63, 3.8) is 0 Å². The van der Waals surface area contributed by atoms with Crippen molar-refractivity contribution in [2.75, 3.05) is 18.1 Å². The molecule has 1 aromatic heterocycles. The largest absolute Gasteiger partial charge is 0.311 e. The molecule has 1 saturated carbocycles. The molecule has 4 heteroatoms. The van der Waals surface area contributed by atoms with Crippen molar-refractivity contribution in [1.82, 2.24) is 0 Å². The van der Waals surface area contributed by atoms with Crippen LogP contribution in [0.25, 0.3) is 10.8 Å². The molecule has 3 aromatic rings. The van der Waals surface area contributed by atoms with Gasteiger partial charge >= 0.3 is 0 Å². The van der Waals surface area contributed by atoms with Gasteiger partial charge in [0.05, 0.1) is 17.8 Å². The molecule has 130 valence electrons. The lowest BCUT2D eigenvalue weighted by Crippen LogP contribution is -3.15. The topological polar surface area (TPSA) is 24.8 Å². The Morgan fingerprint density at radius 3 is 2.81 bits per heavy atom. The molecule has 3 nitrogen and oxygen atoms in total. The fraction of sp³-hybridized carbons (Fsp3) is 0.318. The van der Waals surface area contributed by atoms with Gasteiger partial charge < -0.3 is 4.90 Å². The molecule has 1 N–H and O–H groups in total. The summed E-state index contributed by atoms with van der Waals surface area (Å²) >= 11 is 1.91. The van der Waals surface area contributed by atoms with E-state index in [2.05, 4.69) is 35.7 Å². The van der Waals surface area contributed by atoms with E-state index in [-0.39, 0.29) is 5.91 Å². The van der Waals surface area contributed by atoms with Crippen LogP contribution in [0.4, 0.5) is 5.69 Å². The van der Waals surface area contributed by atoms with Crippen LogP contribution in [0.2, 0.25) is 0 Å². The van der Waals surface area contributed by atoms with E-state index in [0.717, 1.165) is 42.2 Å². The maximum absolute atomic E-state index is 13.2. The van der Waals surface area contributed by atoms with Crippen LogP contribution < -0.4 is 9.80 Å². The molecule has 1 amide bonds. The maximum atomic E-state index is 13.2. The molecule has 2 atom stereocenters. The number of carbonyl (C=O) groups excluding carboxylic acids is 1. The van der Waals surface area contributed by atoms with E-state index in [1.165, 1.54) is 18.2 Å². The van der Waals surface area contributed by atoms with E-state index in [4.69, 9.17) is 0 Å². The summed E-state index contributed by atoms with van der Waals surface area (Å²) in [6.07, 6.45) is 3.82. The second-order valence-electron chi connectivity index (χ2n) is 7.84. The molecule has 3 heterocycles. The standard InChI is InChI=1S/C22H20N2OS/c25-22-17-5-1-3-14-4-2-6-18(20(14)17)24(22)13-23-11-9-19-16(10-12-26-19)21(23)15-7-8-15/h1-6,10,12,15,21H,7-9,11,13H2/p+1/t21-/m1/s1. The number of benzene rings is 2. The van der Waals surface area contributed by atoms with Crippen molar-refractivity contribution >= 4 is 33.7 Å². The SMILES string of the molecule is O=C1c2cccc3cccc(c23)N1C[NH+]1CCc2sccc2[C@H]1C1CC1. The van der Waals surface area contributed by atoms with Crippen molar-refractivity contribution in [3.05, 3.63) is 63.8 Å². The van der Waals surface area contributed by atoms with Gasteiger partial charge in [-0.3, -0.25) is 9.69 Å². The molecule has 0 saturated heterocycles. The number of fused-ring (bicyclic) bond motifs is 1. The predicted molar refractivity (Wildman–Crippen MR) is 105 cm³/mol. The smallest absolute Gasteiger partial charge is 0.263 e. The summed E-state index contributed by atoms with van der Waals surface area (Å²) in [6.45, 7) is 1.91. The van der Waals surface area contributed by atoms with Gasteiger partial charge in [0.15, 0.2) is 6.67 Å². The number of nitrogens with one attached hydrogen (secondary N) is 1. The van der Waals surface area contributed by atoms with Gasteiger partial charge in [-0.15, -0.1) is 11.3 Å². The predicted octanol–water partition coefficient (Wildman–Crippen LogP) is 3.41. The van der Waals surface area contributed by atoms with Gasteiger partial charge in [-0.05, 0) is 41.8 Å². The summed E-state index contributed by atoms with van der Waals surface area (Å²) < 4.78 is 0. The summed E-state index contributed by atoms with van der Waals surface area (Å²) in [5.74, 6) is 0.976. The number of thiophene rings is 1. The Labute approximate surface area is 156 Å². The van der Waals surface area contributed by atoms with Crippen molar-refractivity contribution in [3.8, 4) is 0 Å². The second kappa shape index (κ2) is 5.41. The lowest BCUT2D eigenvalue weighted by atomic mass is 9.96. The van der Waals surface area contributed by atoms with Crippen LogP contribution in [-0.4, -0.2) is 19.1 Å². The third-order valence-corrected chi connectivity index (χ3v) is 7.33. The number of hydrogen-bond acceptors (Lipinski definition) is 2. The number of amides is 1. The minimum Gasteiger partial charge on any atom is -0.311 e. The Morgan fingerprint density at radius 1 is 1.12 bits per heavy atom. The van der Waals surface area contributed by atoms with E-state index >= 15 is 0 Å². The minimum absolute atomic E-state index is 0.176. The molecule has 1 fully saturated rings. The van der Waals surface area contributed by atoms with Crippen molar-refractivity contribution in [2.45, 2.75) is 25.3 Å². The molecular weight excluding hydrogens is 340 g/mol. The van der Waals surface area contributed by atoms with Crippen LogP contribution in [0.1, 0.15) is 39.7 Å². The zero-order valence-electron chi connectivity index (χ0n) is 14.6. The molecule has 0 radical (unpaired) electrons.